The fourth-order valence-corrected chi connectivity index (χ4v) is 5.34. The molecule has 27 heavy (non-hydrogen) atoms. The van der Waals surface area contributed by atoms with E-state index in [0.29, 0.717) is 22.8 Å². The molecular formula is C20H16Cl2N2O2S. The van der Waals surface area contributed by atoms with Crippen LogP contribution in [0.15, 0.2) is 36.4 Å². The van der Waals surface area contributed by atoms with Crippen LogP contribution in [-0.4, -0.2) is 29.5 Å². The van der Waals surface area contributed by atoms with Crippen LogP contribution >= 0.6 is 34.5 Å². The number of carbonyl (C=O) groups excluding carboxylic acids is 1. The smallest absolute Gasteiger partial charge is 0.186 e. The largest absolute Gasteiger partial charge is 0.486 e. The van der Waals surface area contributed by atoms with Gasteiger partial charge in [-0.05, 0) is 36.4 Å². The first-order valence-electron chi connectivity index (χ1n) is 8.84. The number of Topliss-reactive ketones (excluding diaryl/α,β-unsaturated/α-hetero) is 1. The third-order valence-electron chi connectivity index (χ3n) is 5.34. The van der Waals surface area contributed by atoms with E-state index in [2.05, 4.69) is 4.90 Å². The molecule has 1 fully saturated rings. The van der Waals surface area contributed by atoms with Crippen LogP contribution in [-0.2, 0) is 0 Å². The standard InChI is InChI=1S/C20H16Cl2N2O2S/c21-12-2-4-17-14(9-12)16(25)11-20(26-17)5-7-24(8-6-20)19-23-15-3-1-13(22)10-18(15)27-19/h1-4,9-10H,5-8,11H2. The van der Waals surface area contributed by atoms with Crippen molar-refractivity contribution in [1.82, 2.24) is 4.98 Å². The third kappa shape index (κ3) is 3.08. The summed E-state index contributed by atoms with van der Waals surface area (Å²) >= 11 is 13.8. The number of ketones is 1. The van der Waals surface area contributed by atoms with Gasteiger partial charge in [0.1, 0.15) is 11.4 Å². The van der Waals surface area contributed by atoms with Gasteiger partial charge in [0.05, 0.1) is 22.2 Å². The summed E-state index contributed by atoms with van der Waals surface area (Å²) in [5.74, 6) is 0.764. The molecule has 0 aliphatic carbocycles. The zero-order chi connectivity index (χ0) is 18.6. The molecule has 1 spiro atoms. The van der Waals surface area contributed by atoms with Gasteiger partial charge in [-0.3, -0.25) is 4.79 Å². The lowest BCUT2D eigenvalue weighted by atomic mass is 9.82. The molecule has 0 atom stereocenters. The lowest BCUT2D eigenvalue weighted by molar-refractivity contribution is 0.0232. The number of halogens is 2. The SMILES string of the molecule is O=C1CC2(CCN(c3nc4ccc(Cl)cc4s3)CC2)Oc2ccc(Cl)cc21. The number of hydrogen-bond acceptors (Lipinski definition) is 5. The van der Waals surface area contributed by atoms with Crippen LogP contribution in [0.2, 0.25) is 10.0 Å². The number of anilines is 1. The summed E-state index contributed by atoms with van der Waals surface area (Å²) < 4.78 is 7.39. The number of nitrogens with zero attached hydrogens (tertiary/aromatic N) is 2. The number of carbonyl (C=O) groups is 1. The van der Waals surface area contributed by atoms with E-state index < -0.39 is 5.60 Å². The molecule has 3 aromatic rings. The molecule has 7 heteroatoms. The number of piperidine rings is 1. The lowest BCUT2D eigenvalue weighted by Crippen LogP contribution is -2.51. The Bertz CT molecular complexity index is 1060. The summed E-state index contributed by atoms with van der Waals surface area (Å²) in [6, 6.07) is 11.0. The number of hydrogen-bond donors (Lipinski definition) is 0. The fraction of sp³-hybridized carbons (Fsp3) is 0.300. The minimum Gasteiger partial charge on any atom is -0.486 e. The predicted octanol–water partition coefficient (Wildman–Crippen LogP) is 5.61. The van der Waals surface area contributed by atoms with Gasteiger partial charge in [0, 0.05) is 36.0 Å². The van der Waals surface area contributed by atoms with Crippen LogP contribution in [0.25, 0.3) is 10.2 Å². The van der Waals surface area contributed by atoms with Crippen molar-refractivity contribution in [1.29, 1.82) is 0 Å². The highest BCUT2D eigenvalue weighted by Crippen LogP contribution is 2.41. The summed E-state index contributed by atoms with van der Waals surface area (Å²) in [4.78, 5) is 19.6. The van der Waals surface area contributed by atoms with E-state index in [0.717, 1.165) is 46.3 Å². The molecule has 2 aliphatic rings. The Morgan fingerprint density at radius 1 is 1.07 bits per heavy atom. The Hall–Kier alpha value is -1.82. The van der Waals surface area contributed by atoms with Gasteiger partial charge in [-0.1, -0.05) is 34.5 Å². The van der Waals surface area contributed by atoms with Crippen LogP contribution < -0.4 is 9.64 Å². The average molecular weight is 419 g/mol. The minimum atomic E-state index is -0.422. The lowest BCUT2D eigenvalue weighted by Gasteiger charge is -2.43. The van der Waals surface area contributed by atoms with Crippen LogP contribution in [0.1, 0.15) is 29.6 Å². The van der Waals surface area contributed by atoms with Crippen molar-refractivity contribution < 1.29 is 9.53 Å². The molecule has 1 saturated heterocycles. The first-order chi connectivity index (χ1) is 13.0. The van der Waals surface area contributed by atoms with Gasteiger partial charge in [-0.15, -0.1) is 0 Å². The molecule has 0 unspecified atom stereocenters. The van der Waals surface area contributed by atoms with Gasteiger partial charge in [0.15, 0.2) is 10.9 Å². The van der Waals surface area contributed by atoms with E-state index in [4.69, 9.17) is 32.9 Å². The van der Waals surface area contributed by atoms with Crippen molar-refractivity contribution in [2.24, 2.45) is 0 Å². The van der Waals surface area contributed by atoms with Crippen molar-refractivity contribution in [2.45, 2.75) is 24.9 Å². The Labute approximate surface area is 170 Å². The highest BCUT2D eigenvalue weighted by molar-refractivity contribution is 7.22. The zero-order valence-electron chi connectivity index (χ0n) is 14.4. The van der Waals surface area contributed by atoms with E-state index >= 15 is 0 Å². The van der Waals surface area contributed by atoms with Gasteiger partial charge in [-0.25, -0.2) is 4.98 Å². The summed E-state index contributed by atoms with van der Waals surface area (Å²) in [7, 11) is 0. The molecular weight excluding hydrogens is 403 g/mol. The summed E-state index contributed by atoms with van der Waals surface area (Å²) in [6.07, 6.45) is 1.98. The first-order valence-corrected chi connectivity index (χ1v) is 10.4. The predicted molar refractivity (Wildman–Crippen MR) is 110 cm³/mol. The molecule has 0 saturated carbocycles. The molecule has 0 radical (unpaired) electrons. The van der Waals surface area contributed by atoms with Gasteiger partial charge < -0.3 is 9.64 Å². The maximum atomic E-state index is 12.6. The number of aromatic nitrogens is 1. The third-order valence-corrected chi connectivity index (χ3v) is 6.88. The van der Waals surface area contributed by atoms with Crippen LogP contribution in [0, 0.1) is 0 Å². The molecule has 3 heterocycles. The Balaban J connectivity index is 1.36. The quantitative estimate of drug-likeness (QED) is 0.515. The monoisotopic (exact) mass is 418 g/mol. The van der Waals surface area contributed by atoms with E-state index in [1.807, 2.05) is 18.2 Å². The van der Waals surface area contributed by atoms with Crippen LogP contribution in [0.4, 0.5) is 5.13 Å². The Kier molecular flexibility index (Phi) is 4.08. The molecule has 0 bridgehead atoms. The highest BCUT2D eigenvalue weighted by Gasteiger charge is 2.43. The highest BCUT2D eigenvalue weighted by atomic mass is 35.5. The van der Waals surface area contributed by atoms with E-state index in [9.17, 15) is 4.79 Å². The second kappa shape index (κ2) is 6.36. The zero-order valence-corrected chi connectivity index (χ0v) is 16.7. The second-order valence-corrected chi connectivity index (χ2v) is 9.00. The van der Waals surface area contributed by atoms with Crippen molar-refractivity contribution in [3.05, 3.63) is 52.0 Å². The van der Waals surface area contributed by atoms with Crippen LogP contribution in [0.5, 0.6) is 5.75 Å². The normalized spacial score (nSPS) is 18.6. The van der Waals surface area contributed by atoms with Gasteiger partial charge in [0.25, 0.3) is 0 Å². The number of fused-ring (bicyclic) bond motifs is 2. The van der Waals surface area contributed by atoms with Crippen molar-refractivity contribution in [3.8, 4) is 5.75 Å². The maximum Gasteiger partial charge on any atom is 0.186 e. The van der Waals surface area contributed by atoms with Crippen molar-refractivity contribution >= 4 is 55.7 Å². The van der Waals surface area contributed by atoms with E-state index in [1.165, 1.54) is 0 Å². The molecule has 2 aliphatic heterocycles. The summed E-state index contributed by atoms with van der Waals surface area (Å²) in [5.41, 5.74) is 1.14. The van der Waals surface area contributed by atoms with E-state index in [-0.39, 0.29) is 5.78 Å². The van der Waals surface area contributed by atoms with Crippen molar-refractivity contribution in [2.75, 3.05) is 18.0 Å². The number of thiazole rings is 1. The Morgan fingerprint density at radius 2 is 1.81 bits per heavy atom. The molecule has 1 aromatic heterocycles. The topological polar surface area (TPSA) is 42.4 Å². The molecule has 138 valence electrons. The van der Waals surface area contributed by atoms with Gasteiger partial charge in [0.2, 0.25) is 0 Å². The molecule has 5 rings (SSSR count). The molecule has 0 amide bonds. The first kappa shape index (κ1) is 17.3. The molecule has 4 nitrogen and oxygen atoms in total. The van der Waals surface area contributed by atoms with Crippen LogP contribution in [0.3, 0.4) is 0 Å². The summed E-state index contributed by atoms with van der Waals surface area (Å²) in [5, 5.41) is 2.28. The number of ether oxygens (including phenoxy) is 1. The molecule has 2 aromatic carbocycles. The van der Waals surface area contributed by atoms with Crippen molar-refractivity contribution in [3.63, 3.8) is 0 Å². The molecule has 0 N–H and O–H groups in total. The Morgan fingerprint density at radius 3 is 2.63 bits per heavy atom. The minimum absolute atomic E-state index is 0.113. The number of rotatable bonds is 1. The van der Waals surface area contributed by atoms with Gasteiger partial charge >= 0.3 is 0 Å². The fourth-order valence-electron chi connectivity index (χ4n) is 3.87. The average Bonchev–Trinajstić information content (AvgIpc) is 3.06. The number of benzene rings is 2. The summed E-state index contributed by atoms with van der Waals surface area (Å²) in [6.45, 7) is 1.62. The second-order valence-electron chi connectivity index (χ2n) is 7.12. The van der Waals surface area contributed by atoms with Gasteiger partial charge in [-0.2, -0.15) is 0 Å². The maximum absolute atomic E-state index is 12.6. The van der Waals surface area contributed by atoms with E-state index in [1.54, 1.807) is 29.5 Å².